The minimum Gasteiger partial charge on any atom is -0.497 e. The Morgan fingerprint density at radius 1 is 1.12 bits per heavy atom. The number of sulfonamides is 1. The van der Waals surface area contributed by atoms with Crippen LogP contribution in [0.1, 0.15) is 11.3 Å². The van der Waals surface area contributed by atoms with E-state index < -0.39 is 10.0 Å². The molecule has 2 heterocycles. The summed E-state index contributed by atoms with van der Waals surface area (Å²) in [5, 5.41) is 3.87. The van der Waals surface area contributed by atoms with Crippen molar-refractivity contribution < 1.29 is 17.6 Å². The molecule has 0 aliphatic rings. The van der Waals surface area contributed by atoms with Gasteiger partial charge in [-0.3, -0.25) is 0 Å². The van der Waals surface area contributed by atoms with E-state index in [2.05, 4.69) is 0 Å². The zero-order valence-corrected chi connectivity index (χ0v) is 14.7. The molecule has 1 aromatic carbocycles. The number of rotatable bonds is 7. The van der Waals surface area contributed by atoms with Crippen LogP contribution in [0.5, 0.6) is 5.75 Å². The van der Waals surface area contributed by atoms with Gasteiger partial charge in [-0.25, -0.2) is 8.42 Å². The summed E-state index contributed by atoms with van der Waals surface area (Å²) in [6.45, 7) is 0.468. The Morgan fingerprint density at radius 3 is 2.50 bits per heavy atom. The Hall–Kier alpha value is -2.09. The van der Waals surface area contributed by atoms with Crippen LogP contribution in [0.4, 0.5) is 0 Å². The fraction of sp³-hybridized carbons (Fsp3) is 0.176. The second-order valence-corrected chi connectivity index (χ2v) is 7.88. The number of ether oxygens (including phenoxy) is 1. The van der Waals surface area contributed by atoms with Crippen LogP contribution < -0.4 is 4.74 Å². The third-order valence-electron chi connectivity index (χ3n) is 3.55. The molecule has 3 aromatic rings. The fourth-order valence-electron chi connectivity index (χ4n) is 2.29. The maximum absolute atomic E-state index is 13.0. The van der Waals surface area contributed by atoms with Gasteiger partial charge >= 0.3 is 0 Å². The van der Waals surface area contributed by atoms with Crippen LogP contribution in [0.25, 0.3) is 0 Å². The molecule has 0 aliphatic carbocycles. The molecule has 0 saturated carbocycles. The van der Waals surface area contributed by atoms with Gasteiger partial charge < -0.3 is 9.15 Å². The van der Waals surface area contributed by atoms with Crippen LogP contribution in [-0.2, 0) is 23.1 Å². The van der Waals surface area contributed by atoms with E-state index in [-0.39, 0.29) is 11.4 Å². The summed E-state index contributed by atoms with van der Waals surface area (Å²) >= 11 is 1.54. The molecule has 0 radical (unpaired) electrons. The molecule has 2 aromatic heterocycles. The number of hydrogen-bond donors (Lipinski definition) is 0. The van der Waals surface area contributed by atoms with Crippen molar-refractivity contribution in [1.82, 2.24) is 4.31 Å². The number of methoxy groups -OCH3 is 1. The predicted octanol–water partition coefficient (Wildman–Crippen LogP) is 3.74. The van der Waals surface area contributed by atoms with Gasteiger partial charge in [0.05, 0.1) is 24.8 Å². The van der Waals surface area contributed by atoms with E-state index in [1.165, 1.54) is 21.9 Å². The van der Waals surface area contributed by atoms with Gasteiger partial charge in [0.15, 0.2) is 0 Å². The van der Waals surface area contributed by atoms with Crippen LogP contribution in [0.15, 0.2) is 68.8 Å². The third kappa shape index (κ3) is 3.69. The lowest BCUT2D eigenvalue weighted by Gasteiger charge is -2.21. The molecule has 126 valence electrons. The lowest BCUT2D eigenvalue weighted by Crippen LogP contribution is -2.30. The molecule has 3 rings (SSSR count). The zero-order valence-electron chi connectivity index (χ0n) is 13.1. The first-order chi connectivity index (χ1) is 11.6. The molecule has 7 heteroatoms. The molecule has 24 heavy (non-hydrogen) atoms. The van der Waals surface area contributed by atoms with Crippen LogP contribution in [0.2, 0.25) is 0 Å². The SMILES string of the molecule is COc1ccc(S(=O)(=O)N(Cc2ccsc2)Cc2ccco2)cc1. The Bertz CT molecular complexity index is 818. The molecular formula is C17H17NO4S2. The highest BCUT2D eigenvalue weighted by molar-refractivity contribution is 7.89. The van der Waals surface area contributed by atoms with Crippen molar-refractivity contribution >= 4 is 21.4 Å². The largest absolute Gasteiger partial charge is 0.497 e. The monoisotopic (exact) mass is 363 g/mol. The van der Waals surface area contributed by atoms with Gasteiger partial charge in [0.1, 0.15) is 11.5 Å². The molecule has 0 unspecified atom stereocenters. The molecule has 0 saturated heterocycles. The maximum Gasteiger partial charge on any atom is 0.243 e. The van der Waals surface area contributed by atoms with Crippen LogP contribution >= 0.6 is 11.3 Å². The molecule has 0 amide bonds. The van der Waals surface area contributed by atoms with Crippen molar-refractivity contribution in [3.8, 4) is 5.75 Å². The maximum atomic E-state index is 13.0. The van der Waals surface area contributed by atoms with Crippen molar-refractivity contribution in [2.45, 2.75) is 18.0 Å². The Kier molecular flexibility index (Phi) is 5.03. The first-order valence-corrected chi connectivity index (χ1v) is 9.65. The summed E-state index contributed by atoms with van der Waals surface area (Å²) < 4.78 is 37.9. The number of thiophene rings is 1. The van der Waals surface area contributed by atoms with Crippen molar-refractivity contribution in [3.63, 3.8) is 0 Å². The highest BCUT2D eigenvalue weighted by Crippen LogP contribution is 2.24. The molecule has 0 fully saturated rings. The quantitative estimate of drug-likeness (QED) is 0.642. The Balaban J connectivity index is 1.92. The van der Waals surface area contributed by atoms with E-state index in [1.54, 1.807) is 43.5 Å². The minimum absolute atomic E-state index is 0.178. The second kappa shape index (κ2) is 7.21. The molecular weight excluding hydrogens is 346 g/mol. The van der Waals surface area contributed by atoms with Crippen LogP contribution in [0.3, 0.4) is 0 Å². The summed E-state index contributed by atoms with van der Waals surface area (Å²) in [6.07, 6.45) is 1.54. The fourth-order valence-corrected chi connectivity index (χ4v) is 4.34. The minimum atomic E-state index is -3.66. The molecule has 0 bridgehead atoms. The van der Waals surface area contributed by atoms with Crippen LogP contribution in [0, 0.1) is 0 Å². The third-order valence-corrected chi connectivity index (χ3v) is 6.09. The number of benzene rings is 1. The highest BCUT2D eigenvalue weighted by Gasteiger charge is 2.26. The van der Waals surface area contributed by atoms with Gasteiger partial charge in [0, 0.05) is 6.54 Å². The van der Waals surface area contributed by atoms with E-state index in [0.29, 0.717) is 18.1 Å². The predicted molar refractivity (Wildman–Crippen MR) is 92.5 cm³/mol. The Labute approximate surface area is 145 Å². The summed E-state index contributed by atoms with van der Waals surface area (Å²) in [7, 11) is -2.11. The lowest BCUT2D eigenvalue weighted by atomic mass is 10.3. The first kappa shape index (κ1) is 16.8. The smallest absolute Gasteiger partial charge is 0.243 e. The van der Waals surface area contributed by atoms with E-state index >= 15 is 0 Å². The van der Waals surface area contributed by atoms with Crippen molar-refractivity contribution in [1.29, 1.82) is 0 Å². The van der Waals surface area contributed by atoms with E-state index in [9.17, 15) is 8.42 Å². The molecule has 0 N–H and O–H groups in total. The van der Waals surface area contributed by atoms with Crippen molar-refractivity contribution in [3.05, 3.63) is 70.8 Å². The van der Waals surface area contributed by atoms with Gasteiger partial charge in [0.2, 0.25) is 10.0 Å². The second-order valence-electron chi connectivity index (χ2n) is 5.16. The zero-order chi connectivity index (χ0) is 17.0. The molecule has 0 aliphatic heterocycles. The van der Waals surface area contributed by atoms with Gasteiger partial charge in [-0.1, -0.05) is 0 Å². The summed E-state index contributed by atoms with van der Waals surface area (Å²) in [5.41, 5.74) is 0.948. The summed E-state index contributed by atoms with van der Waals surface area (Å²) in [6, 6.07) is 11.8. The van der Waals surface area contributed by atoms with Gasteiger partial charge in [-0.05, 0) is 58.8 Å². The first-order valence-electron chi connectivity index (χ1n) is 7.27. The number of hydrogen-bond acceptors (Lipinski definition) is 5. The molecule has 5 nitrogen and oxygen atoms in total. The average molecular weight is 363 g/mol. The van der Waals surface area contributed by atoms with Gasteiger partial charge in [-0.2, -0.15) is 15.6 Å². The average Bonchev–Trinajstić information content (AvgIpc) is 3.28. The lowest BCUT2D eigenvalue weighted by molar-refractivity contribution is 0.358. The summed E-state index contributed by atoms with van der Waals surface area (Å²) in [4.78, 5) is 0.227. The normalized spacial score (nSPS) is 11.8. The Morgan fingerprint density at radius 2 is 1.92 bits per heavy atom. The van der Waals surface area contributed by atoms with E-state index in [4.69, 9.17) is 9.15 Å². The van der Waals surface area contributed by atoms with Gasteiger partial charge in [0.25, 0.3) is 0 Å². The highest BCUT2D eigenvalue weighted by atomic mass is 32.2. The summed E-state index contributed by atoms with van der Waals surface area (Å²) in [5.74, 6) is 1.21. The number of furan rings is 1. The van der Waals surface area contributed by atoms with Crippen molar-refractivity contribution in [2.24, 2.45) is 0 Å². The topological polar surface area (TPSA) is 59.8 Å². The van der Waals surface area contributed by atoms with Gasteiger partial charge in [-0.15, -0.1) is 0 Å². The number of nitrogens with zero attached hydrogens (tertiary/aromatic N) is 1. The van der Waals surface area contributed by atoms with Crippen molar-refractivity contribution in [2.75, 3.05) is 7.11 Å². The molecule has 0 spiro atoms. The standard InChI is InChI=1S/C17H17NO4S2/c1-21-15-4-6-17(7-5-15)24(19,20)18(11-14-8-10-23-13-14)12-16-3-2-9-22-16/h2-10,13H,11-12H2,1H3. The van der Waals surface area contributed by atoms with Crippen LogP contribution in [-0.4, -0.2) is 19.8 Å². The van der Waals surface area contributed by atoms with E-state index in [0.717, 1.165) is 5.56 Å². The van der Waals surface area contributed by atoms with E-state index in [1.807, 2.05) is 16.8 Å². The molecule has 0 atom stereocenters.